The zero-order chi connectivity index (χ0) is 24.4. The van der Waals surface area contributed by atoms with Gasteiger partial charge in [0.05, 0.1) is 10.7 Å². The molecule has 1 aromatic rings. The van der Waals surface area contributed by atoms with E-state index in [9.17, 15) is 19.6 Å². The van der Waals surface area contributed by atoms with Crippen molar-refractivity contribution in [3.63, 3.8) is 0 Å². The number of nitrogens with one attached hydrogen (secondary N) is 1. The molecule has 1 aromatic carbocycles. The number of phosphoric acid groups is 1. The Kier molecular flexibility index (Phi) is 4.49. The highest BCUT2D eigenvalue weighted by Gasteiger charge is 2.58. The van der Waals surface area contributed by atoms with Crippen molar-refractivity contribution in [2.45, 2.75) is 30.9 Å². The fourth-order valence-corrected chi connectivity index (χ4v) is 4.06. The summed E-state index contributed by atoms with van der Waals surface area (Å²) in [6, 6.07) is 4.16. The number of amides is 1. The zero-order valence-corrected chi connectivity index (χ0v) is 16.6. The predicted octanol–water partition coefficient (Wildman–Crippen LogP) is 1.53. The second-order valence-corrected chi connectivity index (χ2v) is 8.31. The summed E-state index contributed by atoms with van der Waals surface area (Å²) in [6.07, 6.45) is -6.20. The van der Waals surface area contributed by atoms with Crippen molar-refractivity contribution < 1.29 is 46.4 Å². The van der Waals surface area contributed by atoms with Gasteiger partial charge >= 0.3 is 7.82 Å². The summed E-state index contributed by atoms with van der Waals surface area (Å²) in [5.74, 6) is -4.93. The Morgan fingerprint density at radius 1 is 1.57 bits per heavy atom. The van der Waals surface area contributed by atoms with E-state index < -0.39 is 44.6 Å². The Balaban J connectivity index is 1.61. The van der Waals surface area contributed by atoms with Gasteiger partial charge in [-0.05, 0) is 18.2 Å². The van der Waals surface area contributed by atoms with Gasteiger partial charge in [0.25, 0.3) is 11.8 Å². The molecule has 10 nitrogen and oxygen atoms in total. The Morgan fingerprint density at radius 3 is 3.07 bits per heavy atom. The summed E-state index contributed by atoms with van der Waals surface area (Å²) in [4.78, 5) is 12.1. The van der Waals surface area contributed by atoms with Crippen LogP contribution in [0, 0.1) is 0 Å². The molecule has 3 N–H and O–H groups in total. The molecule has 1 saturated heterocycles. The summed E-state index contributed by atoms with van der Waals surface area (Å²) in [5.41, 5.74) is 0.364. The van der Waals surface area contributed by atoms with Crippen LogP contribution in [0.1, 0.15) is 9.68 Å². The van der Waals surface area contributed by atoms with E-state index >= 15 is 4.39 Å². The lowest BCUT2D eigenvalue weighted by Crippen LogP contribution is -2.46. The van der Waals surface area contributed by atoms with Crippen LogP contribution in [0.4, 0.5) is 4.39 Å². The van der Waals surface area contributed by atoms with Crippen LogP contribution in [0.3, 0.4) is 0 Å². The molecule has 5 atom stereocenters. The number of halogens is 2. The molecule has 30 heavy (non-hydrogen) atoms. The van der Waals surface area contributed by atoms with Gasteiger partial charge < -0.3 is 29.7 Å². The SMILES string of the molecule is [2H]C([2H])(OP1(=O)OCc2cc(Cl)ccc2O1)[C@@]1(F)O[C@@]([2H])(N2C=CC(=O)NC2=C)[C@H](O)[C@@H]1O. The molecule has 1 unspecified atom stereocenters. The van der Waals surface area contributed by atoms with Gasteiger partial charge in [-0.25, -0.2) is 8.96 Å². The van der Waals surface area contributed by atoms with Crippen molar-refractivity contribution in [3.8, 4) is 5.75 Å². The number of hydrogen-bond acceptors (Lipinski definition) is 9. The molecule has 13 heteroatoms. The second-order valence-electron chi connectivity index (χ2n) is 6.35. The molecule has 162 valence electrons. The molecular formula is C17H17ClFN2O8P. The van der Waals surface area contributed by atoms with Crippen molar-refractivity contribution in [3.05, 3.63) is 53.5 Å². The number of alkyl halides is 1. The summed E-state index contributed by atoms with van der Waals surface area (Å²) >= 11 is 5.85. The maximum absolute atomic E-state index is 15.8. The largest absolute Gasteiger partial charge is 0.530 e. The molecule has 3 heterocycles. The maximum Gasteiger partial charge on any atom is 0.530 e. The van der Waals surface area contributed by atoms with Gasteiger partial charge in [-0.2, -0.15) is 0 Å². The van der Waals surface area contributed by atoms with Crippen molar-refractivity contribution in [1.82, 2.24) is 10.2 Å². The Morgan fingerprint density at radius 2 is 2.33 bits per heavy atom. The first-order valence-corrected chi connectivity index (χ1v) is 10.2. The summed E-state index contributed by atoms with van der Waals surface area (Å²) in [5, 5.41) is 23.2. The van der Waals surface area contributed by atoms with E-state index in [2.05, 4.69) is 11.9 Å². The van der Waals surface area contributed by atoms with Gasteiger partial charge in [-0.1, -0.05) is 18.2 Å². The van der Waals surface area contributed by atoms with E-state index in [0.717, 1.165) is 12.3 Å². The Bertz CT molecular complexity index is 1110. The normalized spacial score (nSPS) is 40.1. The third-order valence-electron chi connectivity index (χ3n) is 4.26. The minimum Gasteiger partial charge on any atom is -0.404 e. The molecule has 1 fully saturated rings. The van der Waals surface area contributed by atoms with E-state index in [1.807, 2.05) is 0 Å². The van der Waals surface area contributed by atoms with Crippen molar-refractivity contribution >= 4 is 25.3 Å². The fraction of sp³-hybridized carbons (Fsp3) is 0.353. The van der Waals surface area contributed by atoms with Gasteiger partial charge in [-0.15, -0.1) is 0 Å². The third-order valence-corrected chi connectivity index (χ3v) is 5.68. The van der Waals surface area contributed by atoms with Gasteiger partial charge in [0.15, 0.2) is 6.20 Å². The lowest BCUT2D eigenvalue weighted by atomic mass is 10.1. The third kappa shape index (κ3) is 3.85. The van der Waals surface area contributed by atoms with Crippen molar-refractivity contribution in [1.29, 1.82) is 0 Å². The molecule has 0 aromatic heterocycles. The number of rotatable bonds is 4. The van der Waals surface area contributed by atoms with Crippen LogP contribution < -0.4 is 9.84 Å². The number of ether oxygens (including phenoxy) is 1. The van der Waals surface area contributed by atoms with Crippen LogP contribution >= 0.6 is 19.4 Å². The fourth-order valence-electron chi connectivity index (χ4n) is 2.78. The standard InChI is InChI=1S/C17H17ClFN2O8P/c1-9-20-13(22)4-5-21(9)16-14(23)15(24)17(19,28-16)8-27-30(25)26-7-10-6-11(18)2-3-12(10)29-30/h2-6,14-16,23-24H,1,7-8H2,(H,20,22)/t14-,15+,16-,17-,30?/m1/s1/i8D2,16D. The smallest absolute Gasteiger partial charge is 0.404 e. The number of carbonyl (C=O) groups is 1. The number of nitrogens with zero attached hydrogens (tertiary/aromatic N) is 1. The highest BCUT2D eigenvalue weighted by atomic mass is 35.5. The number of phosphoric ester groups is 1. The number of hydrogen-bond donors (Lipinski definition) is 3. The van der Waals surface area contributed by atoms with E-state index in [1.54, 1.807) is 0 Å². The molecule has 3 aliphatic rings. The molecule has 0 radical (unpaired) electrons. The first kappa shape index (κ1) is 17.7. The van der Waals surface area contributed by atoms with E-state index in [1.165, 1.54) is 18.2 Å². The number of aliphatic hydroxyl groups excluding tert-OH is 2. The summed E-state index contributed by atoms with van der Waals surface area (Å²) in [6.45, 7) is -0.712. The Hall–Kier alpha value is -1.98. The minimum atomic E-state index is -4.81. The van der Waals surface area contributed by atoms with Crippen molar-refractivity contribution in [2.24, 2.45) is 0 Å². The van der Waals surface area contributed by atoms with E-state index in [-0.39, 0.29) is 18.2 Å². The highest BCUT2D eigenvalue weighted by molar-refractivity contribution is 7.49. The first-order chi connectivity index (χ1) is 15.2. The lowest BCUT2D eigenvalue weighted by molar-refractivity contribution is -0.208. The van der Waals surface area contributed by atoms with Crippen LogP contribution in [0.25, 0.3) is 0 Å². The number of aliphatic hydroxyl groups is 2. The quantitative estimate of drug-likeness (QED) is 0.567. The molecular weight excluding hydrogens is 446 g/mol. The molecule has 1 amide bonds. The van der Waals surface area contributed by atoms with E-state index in [0.29, 0.717) is 15.5 Å². The van der Waals surface area contributed by atoms with Gasteiger partial charge in [0, 0.05) is 22.9 Å². The first-order valence-electron chi connectivity index (χ1n) is 9.87. The second kappa shape index (κ2) is 7.61. The minimum absolute atomic E-state index is 0.0223. The number of fused-ring (bicyclic) bond motifs is 1. The average molecular weight is 466 g/mol. The van der Waals surface area contributed by atoms with Crippen LogP contribution in [0.15, 0.2) is 42.9 Å². The topological polar surface area (TPSA) is 127 Å². The number of carbonyl (C=O) groups excluding carboxylic acids is 1. The maximum atomic E-state index is 15.8. The van der Waals surface area contributed by atoms with Crippen LogP contribution in [0.2, 0.25) is 5.02 Å². The van der Waals surface area contributed by atoms with Gasteiger partial charge in [0.2, 0.25) is 0 Å². The van der Waals surface area contributed by atoms with Crippen LogP contribution in [0.5, 0.6) is 5.75 Å². The Labute approximate surface area is 179 Å². The number of benzene rings is 1. The van der Waals surface area contributed by atoms with Crippen LogP contribution in [-0.4, -0.2) is 51.8 Å². The monoisotopic (exact) mass is 465 g/mol. The zero-order valence-electron chi connectivity index (χ0n) is 17.9. The predicted molar refractivity (Wildman–Crippen MR) is 99.4 cm³/mol. The van der Waals surface area contributed by atoms with Crippen molar-refractivity contribution in [2.75, 3.05) is 6.56 Å². The molecule has 0 saturated carbocycles. The van der Waals surface area contributed by atoms with Gasteiger partial charge in [0.1, 0.15) is 30.3 Å². The average Bonchev–Trinajstić information content (AvgIpc) is 2.89. The molecule has 0 aliphatic carbocycles. The molecule has 3 aliphatic heterocycles. The molecule has 0 bridgehead atoms. The van der Waals surface area contributed by atoms with Gasteiger partial charge in [-0.3, -0.25) is 13.8 Å². The molecule has 0 spiro atoms. The lowest BCUT2D eigenvalue weighted by Gasteiger charge is -2.32. The van der Waals surface area contributed by atoms with Crippen LogP contribution in [-0.2, 0) is 29.8 Å². The molecule has 4 rings (SSSR count). The highest BCUT2D eigenvalue weighted by Crippen LogP contribution is 2.55. The van der Waals surface area contributed by atoms with E-state index in [4.69, 9.17) is 34.0 Å². The summed E-state index contributed by atoms with van der Waals surface area (Å²) in [7, 11) is -4.81. The summed E-state index contributed by atoms with van der Waals surface area (Å²) < 4.78 is 72.7.